The maximum Gasteiger partial charge on any atom is 0.317 e. The number of nitrogens with one attached hydrogen (secondary N) is 2. The maximum absolute atomic E-state index is 11.5. The zero-order valence-corrected chi connectivity index (χ0v) is 12.7. The zero-order valence-electron chi connectivity index (χ0n) is 12.7. The van der Waals surface area contributed by atoms with Crippen molar-refractivity contribution in [3.63, 3.8) is 0 Å². The molecule has 0 heterocycles. The average Bonchev–Trinajstić information content (AvgIpc) is 2.43. The molecule has 1 aromatic carbocycles. The van der Waals surface area contributed by atoms with Crippen molar-refractivity contribution in [2.24, 2.45) is 0 Å². The molecule has 5 heteroatoms. The highest BCUT2D eigenvalue weighted by atomic mass is 16.5. The van der Waals surface area contributed by atoms with E-state index in [9.17, 15) is 4.79 Å². The summed E-state index contributed by atoms with van der Waals surface area (Å²) in [4.78, 5) is 11.5. The van der Waals surface area contributed by atoms with Gasteiger partial charge in [-0.3, -0.25) is 0 Å². The number of hydrogen-bond donors (Lipinski definition) is 2. The van der Waals surface area contributed by atoms with E-state index in [4.69, 9.17) is 9.47 Å². The number of aryl methyl sites for hydroxylation is 2. The van der Waals surface area contributed by atoms with Gasteiger partial charge < -0.3 is 20.1 Å². The van der Waals surface area contributed by atoms with E-state index < -0.39 is 0 Å². The second-order valence-corrected chi connectivity index (χ2v) is 4.72. The summed E-state index contributed by atoms with van der Waals surface area (Å²) in [6.45, 7) is 7.43. The van der Waals surface area contributed by atoms with E-state index in [1.807, 2.05) is 26.8 Å². The maximum atomic E-state index is 11.5. The molecule has 1 rings (SSSR count). The Labute approximate surface area is 120 Å². The Hall–Kier alpha value is -1.75. The molecule has 0 aliphatic carbocycles. The van der Waals surface area contributed by atoms with Crippen molar-refractivity contribution < 1.29 is 14.3 Å². The van der Waals surface area contributed by atoms with Gasteiger partial charge in [-0.2, -0.15) is 0 Å². The highest BCUT2D eigenvalue weighted by Gasteiger charge is 2.06. The molecule has 0 aromatic heterocycles. The van der Waals surface area contributed by atoms with Crippen molar-refractivity contribution >= 4 is 6.03 Å². The first-order valence-electron chi connectivity index (χ1n) is 6.76. The van der Waals surface area contributed by atoms with Crippen LogP contribution in [-0.4, -0.2) is 33.0 Å². The molecule has 0 atom stereocenters. The molecule has 0 spiro atoms. The monoisotopic (exact) mass is 280 g/mol. The van der Waals surface area contributed by atoms with Crippen LogP contribution < -0.4 is 15.4 Å². The third-order valence-electron chi connectivity index (χ3n) is 3.13. The molecule has 2 amide bonds. The number of hydrogen-bond acceptors (Lipinski definition) is 3. The van der Waals surface area contributed by atoms with E-state index in [0.717, 1.165) is 23.3 Å². The number of rotatable bonds is 7. The summed E-state index contributed by atoms with van der Waals surface area (Å²) in [5.41, 5.74) is 3.34. The van der Waals surface area contributed by atoms with E-state index in [-0.39, 0.29) is 12.8 Å². The van der Waals surface area contributed by atoms with Crippen LogP contribution in [0.5, 0.6) is 5.75 Å². The van der Waals surface area contributed by atoms with Crippen molar-refractivity contribution in [3.8, 4) is 5.75 Å². The number of carbonyl (C=O) groups is 1. The molecule has 0 saturated carbocycles. The number of benzene rings is 1. The van der Waals surface area contributed by atoms with Crippen molar-refractivity contribution in [3.05, 3.63) is 28.8 Å². The van der Waals surface area contributed by atoms with E-state index in [1.165, 1.54) is 5.56 Å². The minimum atomic E-state index is -0.232. The molecular weight excluding hydrogens is 256 g/mol. The summed E-state index contributed by atoms with van der Waals surface area (Å²) < 4.78 is 10.6. The molecule has 2 N–H and O–H groups in total. The van der Waals surface area contributed by atoms with Crippen LogP contribution in [0.3, 0.4) is 0 Å². The van der Waals surface area contributed by atoms with Crippen LogP contribution in [0.2, 0.25) is 0 Å². The van der Waals surface area contributed by atoms with Gasteiger partial charge in [0.05, 0.1) is 0 Å². The van der Waals surface area contributed by atoms with Crippen LogP contribution in [0.25, 0.3) is 0 Å². The fraction of sp³-hybridized carbons (Fsp3) is 0.533. The zero-order chi connectivity index (χ0) is 15.0. The summed E-state index contributed by atoms with van der Waals surface area (Å²) in [7, 11) is 1.64. The highest BCUT2D eigenvalue weighted by molar-refractivity contribution is 5.73. The SMILES string of the molecule is COCCCNC(=O)NCOc1c(C)ccc(C)c1C. The molecule has 112 valence electrons. The molecule has 1 aromatic rings. The second kappa shape index (κ2) is 8.43. The normalized spacial score (nSPS) is 10.2. The summed E-state index contributed by atoms with van der Waals surface area (Å²) in [6.07, 6.45) is 0.793. The first-order valence-corrected chi connectivity index (χ1v) is 6.76. The van der Waals surface area contributed by atoms with Gasteiger partial charge in [-0.05, 0) is 43.9 Å². The van der Waals surface area contributed by atoms with E-state index in [2.05, 4.69) is 16.7 Å². The molecular formula is C15H24N2O3. The lowest BCUT2D eigenvalue weighted by Crippen LogP contribution is -2.38. The molecule has 0 radical (unpaired) electrons. The Balaban J connectivity index is 2.34. The van der Waals surface area contributed by atoms with Crippen molar-refractivity contribution in [1.29, 1.82) is 0 Å². The van der Waals surface area contributed by atoms with Crippen LogP contribution >= 0.6 is 0 Å². The molecule has 0 bridgehead atoms. The Morgan fingerprint density at radius 2 is 1.85 bits per heavy atom. The van der Waals surface area contributed by atoms with Crippen LogP contribution in [0.1, 0.15) is 23.1 Å². The average molecular weight is 280 g/mol. The van der Waals surface area contributed by atoms with Gasteiger partial charge in [0.1, 0.15) is 5.75 Å². The topological polar surface area (TPSA) is 59.6 Å². The Morgan fingerprint density at radius 1 is 1.15 bits per heavy atom. The predicted octanol–water partition coefficient (Wildman–Crippen LogP) is 2.28. The van der Waals surface area contributed by atoms with Crippen LogP contribution in [0.15, 0.2) is 12.1 Å². The molecule has 0 unspecified atom stereocenters. The third-order valence-corrected chi connectivity index (χ3v) is 3.13. The Kier molecular flexibility index (Phi) is 6.87. The molecule has 0 aliphatic heterocycles. The van der Waals surface area contributed by atoms with Gasteiger partial charge in [-0.25, -0.2) is 4.79 Å². The van der Waals surface area contributed by atoms with Gasteiger partial charge in [0.15, 0.2) is 6.73 Å². The quantitative estimate of drug-likeness (QED) is 0.595. The fourth-order valence-corrected chi connectivity index (χ4v) is 1.80. The largest absolute Gasteiger partial charge is 0.473 e. The lowest BCUT2D eigenvalue weighted by atomic mass is 10.1. The van der Waals surface area contributed by atoms with E-state index >= 15 is 0 Å². The molecule has 0 saturated heterocycles. The van der Waals surface area contributed by atoms with Crippen molar-refractivity contribution in [2.75, 3.05) is 27.0 Å². The summed E-state index contributed by atoms with van der Waals surface area (Å²) in [6, 6.07) is 3.85. The molecule has 5 nitrogen and oxygen atoms in total. The minimum Gasteiger partial charge on any atom is -0.473 e. The number of amides is 2. The summed E-state index contributed by atoms with van der Waals surface area (Å²) in [5, 5.41) is 5.40. The molecule has 0 aliphatic rings. The molecule has 20 heavy (non-hydrogen) atoms. The highest BCUT2D eigenvalue weighted by Crippen LogP contribution is 2.25. The number of carbonyl (C=O) groups excluding carboxylic acids is 1. The van der Waals surface area contributed by atoms with Gasteiger partial charge in [-0.1, -0.05) is 12.1 Å². The summed E-state index contributed by atoms with van der Waals surface area (Å²) >= 11 is 0. The fourth-order valence-electron chi connectivity index (χ4n) is 1.80. The van der Waals surface area contributed by atoms with E-state index in [1.54, 1.807) is 7.11 Å². The number of ether oxygens (including phenoxy) is 2. The van der Waals surface area contributed by atoms with Gasteiger partial charge >= 0.3 is 6.03 Å². The number of urea groups is 1. The summed E-state index contributed by atoms with van der Waals surface area (Å²) in [5.74, 6) is 0.838. The smallest absolute Gasteiger partial charge is 0.317 e. The van der Waals surface area contributed by atoms with Crippen molar-refractivity contribution in [2.45, 2.75) is 27.2 Å². The minimum absolute atomic E-state index is 0.154. The second-order valence-electron chi connectivity index (χ2n) is 4.72. The standard InChI is InChI=1S/C15H24N2O3/c1-11-6-7-12(2)14(13(11)3)20-10-17-15(18)16-8-5-9-19-4/h6-7H,5,8-10H2,1-4H3,(H2,16,17,18). The predicted molar refractivity (Wildman–Crippen MR) is 79.2 cm³/mol. The number of methoxy groups -OCH3 is 1. The lowest BCUT2D eigenvalue weighted by Gasteiger charge is -2.14. The lowest BCUT2D eigenvalue weighted by molar-refractivity contribution is 0.192. The Morgan fingerprint density at radius 3 is 2.55 bits per heavy atom. The Bertz CT molecular complexity index is 447. The van der Waals surface area contributed by atoms with Crippen LogP contribution in [-0.2, 0) is 4.74 Å². The van der Waals surface area contributed by atoms with Gasteiger partial charge in [0.2, 0.25) is 0 Å². The van der Waals surface area contributed by atoms with Crippen LogP contribution in [0, 0.1) is 20.8 Å². The van der Waals surface area contributed by atoms with Gasteiger partial charge in [0.25, 0.3) is 0 Å². The third kappa shape index (κ3) is 5.09. The first kappa shape index (κ1) is 16.3. The van der Waals surface area contributed by atoms with E-state index in [0.29, 0.717) is 13.2 Å². The molecule has 0 fully saturated rings. The van der Waals surface area contributed by atoms with Crippen LogP contribution in [0.4, 0.5) is 4.79 Å². The first-order chi connectivity index (χ1) is 9.56. The van der Waals surface area contributed by atoms with Gasteiger partial charge in [0, 0.05) is 20.3 Å². The van der Waals surface area contributed by atoms with Crippen molar-refractivity contribution in [1.82, 2.24) is 10.6 Å². The van der Waals surface area contributed by atoms with Gasteiger partial charge in [-0.15, -0.1) is 0 Å².